The smallest absolute Gasteiger partial charge is 0.276 e. The van der Waals surface area contributed by atoms with Crippen molar-refractivity contribution in [1.29, 1.82) is 0 Å². The van der Waals surface area contributed by atoms with Crippen molar-refractivity contribution in [2.75, 3.05) is 5.32 Å². The van der Waals surface area contributed by atoms with Crippen LogP contribution in [0.3, 0.4) is 0 Å². The summed E-state index contributed by atoms with van der Waals surface area (Å²) >= 11 is 0. The van der Waals surface area contributed by atoms with E-state index in [1.54, 1.807) is 23.0 Å². The Kier molecular flexibility index (Phi) is 3.40. The van der Waals surface area contributed by atoms with Crippen molar-refractivity contribution in [1.82, 2.24) is 14.9 Å². The Hall–Kier alpha value is -2.63. The van der Waals surface area contributed by atoms with Crippen LogP contribution < -0.4 is 16.2 Å². The first-order valence-electron chi connectivity index (χ1n) is 8.37. The summed E-state index contributed by atoms with van der Waals surface area (Å²) < 4.78 is 1.70. The van der Waals surface area contributed by atoms with Gasteiger partial charge in [-0.25, -0.2) is 0 Å². The monoisotopic (exact) mass is 324 g/mol. The minimum absolute atomic E-state index is 0.137. The maximum atomic E-state index is 13.1. The molecule has 6 heteroatoms. The third kappa shape index (κ3) is 2.21. The summed E-state index contributed by atoms with van der Waals surface area (Å²) in [4.78, 5) is 29.6. The molecule has 0 bridgehead atoms. The number of amides is 1. The SMILES string of the molecule is Cc1cc(Nc2ccncc2)c(=O)n2c1C(=O)NC21CCCCC1. The molecule has 0 unspecified atom stereocenters. The third-order valence-electron chi connectivity index (χ3n) is 5.02. The summed E-state index contributed by atoms with van der Waals surface area (Å²) in [5.41, 5.74) is 1.91. The van der Waals surface area contributed by atoms with Gasteiger partial charge in [-0.2, -0.15) is 0 Å². The van der Waals surface area contributed by atoms with Gasteiger partial charge in [-0.15, -0.1) is 0 Å². The number of carbonyl (C=O) groups is 1. The highest BCUT2D eigenvalue weighted by molar-refractivity contribution is 5.97. The number of hydrogen-bond acceptors (Lipinski definition) is 4. The zero-order valence-corrected chi connectivity index (χ0v) is 13.6. The van der Waals surface area contributed by atoms with Crippen LogP contribution in [0.4, 0.5) is 11.4 Å². The van der Waals surface area contributed by atoms with Crippen LogP contribution in [0.5, 0.6) is 0 Å². The number of anilines is 2. The fraction of sp³-hybridized carbons (Fsp3) is 0.389. The molecule has 2 aliphatic rings. The van der Waals surface area contributed by atoms with Crippen LogP contribution in [0.2, 0.25) is 0 Å². The molecule has 1 amide bonds. The minimum Gasteiger partial charge on any atom is -0.351 e. The number of pyridine rings is 2. The van der Waals surface area contributed by atoms with E-state index in [-0.39, 0.29) is 11.5 Å². The summed E-state index contributed by atoms with van der Waals surface area (Å²) in [6.45, 7) is 1.88. The maximum Gasteiger partial charge on any atom is 0.276 e. The first-order chi connectivity index (χ1) is 11.6. The molecule has 1 saturated carbocycles. The van der Waals surface area contributed by atoms with E-state index in [1.807, 2.05) is 19.1 Å². The Labute approximate surface area is 139 Å². The molecule has 2 N–H and O–H groups in total. The number of nitrogens with zero attached hydrogens (tertiary/aromatic N) is 2. The van der Waals surface area contributed by atoms with Crippen molar-refractivity contribution in [3.05, 3.63) is 52.2 Å². The molecule has 2 aromatic rings. The van der Waals surface area contributed by atoms with Gasteiger partial charge in [0.2, 0.25) is 0 Å². The van der Waals surface area contributed by atoms with Crippen LogP contribution in [0, 0.1) is 6.92 Å². The molecular formula is C18H20N4O2. The van der Waals surface area contributed by atoms with Gasteiger partial charge < -0.3 is 10.6 Å². The van der Waals surface area contributed by atoms with E-state index < -0.39 is 5.66 Å². The largest absolute Gasteiger partial charge is 0.351 e. The molecule has 24 heavy (non-hydrogen) atoms. The number of hydrogen-bond donors (Lipinski definition) is 2. The molecule has 1 fully saturated rings. The Morgan fingerprint density at radius 2 is 1.88 bits per heavy atom. The van der Waals surface area contributed by atoms with Crippen molar-refractivity contribution in [2.24, 2.45) is 0 Å². The van der Waals surface area contributed by atoms with Crippen LogP contribution in [0.1, 0.15) is 48.2 Å². The molecule has 1 aliphatic carbocycles. The zero-order valence-electron chi connectivity index (χ0n) is 13.6. The third-order valence-corrected chi connectivity index (χ3v) is 5.02. The molecule has 0 aromatic carbocycles. The van der Waals surface area contributed by atoms with Crippen molar-refractivity contribution < 1.29 is 4.79 Å². The highest BCUT2D eigenvalue weighted by Crippen LogP contribution is 2.37. The number of nitrogens with one attached hydrogen (secondary N) is 2. The van der Waals surface area contributed by atoms with E-state index in [2.05, 4.69) is 15.6 Å². The standard InChI is InChI=1S/C18H20N4O2/c1-12-11-14(20-13-5-9-19-10-6-13)17(24)22-15(12)16(23)21-18(22)7-3-2-4-8-18/h5-6,9-11H,2-4,7-8H2,1H3,(H,19,20)(H,21,23). The van der Waals surface area contributed by atoms with Gasteiger partial charge in [-0.1, -0.05) is 6.42 Å². The quantitative estimate of drug-likeness (QED) is 0.890. The van der Waals surface area contributed by atoms with Crippen LogP contribution in [-0.2, 0) is 5.66 Å². The summed E-state index contributed by atoms with van der Waals surface area (Å²) in [5.74, 6) is -0.137. The molecular weight excluding hydrogens is 304 g/mol. The van der Waals surface area contributed by atoms with E-state index in [0.29, 0.717) is 11.4 Å². The summed E-state index contributed by atoms with van der Waals surface area (Å²) in [6, 6.07) is 5.38. The van der Waals surface area contributed by atoms with Gasteiger partial charge in [0.15, 0.2) is 0 Å². The lowest BCUT2D eigenvalue weighted by Gasteiger charge is -2.35. The lowest BCUT2D eigenvalue weighted by Crippen LogP contribution is -2.48. The molecule has 0 radical (unpaired) electrons. The molecule has 2 aromatic heterocycles. The van der Waals surface area contributed by atoms with Crippen LogP contribution in [0.25, 0.3) is 0 Å². The van der Waals surface area contributed by atoms with E-state index in [4.69, 9.17) is 0 Å². The van der Waals surface area contributed by atoms with Gasteiger partial charge >= 0.3 is 0 Å². The number of fused-ring (bicyclic) bond motifs is 2. The van der Waals surface area contributed by atoms with Gasteiger partial charge in [0.05, 0.1) is 0 Å². The second-order valence-corrected chi connectivity index (χ2v) is 6.64. The highest BCUT2D eigenvalue weighted by Gasteiger charge is 2.45. The van der Waals surface area contributed by atoms with Crippen molar-refractivity contribution in [3.63, 3.8) is 0 Å². The molecule has 0 atom stereocenters. The predicted molar refractivity (Wildman–Crippen MR) is 91.5 cm³/mol. The van der Waals surface area contributed by atoms with Gasteiger partial charge in [0.25, 0.3) is 11.5 Å². The normalized spacial score (nSPS) is 18.3. The maximum absolute atomic E-state index is 13.1. The van der Waals surface area contributed by atoms with Crippen molar-refractivity contribution >= 4 is 17.3 Å². The molecule has 3 heterocycles. The first-order valence-corrected chi connectivity index (χ1v) is 8.37. The lowest BCUT2D eigenvalue weighted by atomic mass is 9.89. The molecule has 1 spiro atoms. The first kappa shape index (κ1) is 14.9. The second-order valence-electron chi connectivity index (χ2n) is 6.64. The van der Waals surface area contributed by atoms with E-state index in [0.717, 1.165) is 43.4 Å². The molecule has 1 aliphatic heterocycles. The Morgan fingerprint density at radius 1 is 1.17 bits per heavy atom. The Morgan fingerprint density at radius 3 is 2.58 bits per heavy atom. The Balaban J connectivity index is 1.85. The predicted octanol–water partition coefficient (Wildman–Crippen LogP) is 2.66. The molecule has 0 saturated heterocycles. The average molecular weight is 324 g/mol. The lowest BCUT2D eigenvalue weighted by molar-refractivity contribution is 0.0876. The number of rotatable bonds is 2. The summed E-state index contributed by atoms with van der Waals surface area (Å²) in [5, 5.41) is 6.26. The molecule has 6 nitrogen and oxygen atoms in total. The summed E-state index contributed by atoms with van der Waals surface area (Å²) in [6.07, 6.45) is 8.16. The van der Waals surface area contributed by atoms with Crippen LogP contribution >= 0.6 is 0 Å². The topological polar surface area (TPSA) is 76.0 Å². The van der Waals surface area contributed by atoms with E-state index in [9.17, 15) is 9.59 Å². The highest BCUT2D eigenvalue weighted by atomic mass is 16.2. The number of aromatic nitrogens is 2. The van der Waals surface area contributed by atoms with Crippen molar-refractivity contribution in [2.45, 2.75) is 44.7 Å². The zero-order chi connectivity index (χ0) is 16.7. The van der Waals surface area contributed by atoms with E-state index >= 15 is 0 Å². The van der Waals surface area contributed by atoms with Crippen LogP contribution in [0.15, 0.2) is 35.4 Å². The Bertz CT molecular complexity index is 851. The number of carbonyl (C=O) groups excluding carboxylic acids is 1. The van der Waals surface area contributed by atoms with Gasteiger partial charge in [0, 0.05) is 18.1 Å². The minimum atomic E-state index is -0.553. The molecule has 4 rings (SSSR count). The van der Waals surface area contributed by atoms with Gasteiger partial charge in [0.1, 0.15) is 17.0 Å². The summed E-state index contributed by atoms with van der Waals surface area (Å²) in [7, 11) is 0. The average Bonchev–Trinajstić information content (AvgIpc) is 2.86. The van der Waals surface area contributed by atoms with Crippen molar-refractivity contribution in [3.8, 4) is 0 Å². The number of aryl methyl sites for hydroxylation is 1. The van der Waals surface area contributed by atoms with Gasteiger partial charge in [-0.05, 0) is 56.4 Å². The molecule has 124 valence electrons. The fourth-order valence-corrected chi connectivity index (χ4v) is 3.93. The van der Waals surface area contributed by atoms with Crippen LogP contribution in [-0.4, -0.2) is 15.5 Å². The second kappa shape index (κ2) is 5.47. The van der Waals surface area contributed by atoms with E-state index in [1.165, 1.54) is 0 Å². The fourth-order valence-electron chi connectivity index (χ4n) is 3.93. The van der Waals surface area contributed by atoms with Gasteiger partial charge in [-0.3, -0.25) is 19.1 Å².